The number of methoxy groups -OCH3 is 1. The lowest BCUT2D eigenvalue weighted by atomic mass is 9.81. The number of nitrogens with zero attached hydrogens (tertiary/aromatic N) is 5. The molecule has 0 radical (unpaired) electrons. The van der Waals surface area contributed by atoms with Gasteiger partial charge in [-0.1, -0.05) is 25.1 Å². The average molecular weight is 536 g/mol. The molecule has 0 amide bonds. The van der Waals surface area contributed by atoms with Crippen LogP contribution in [0.25, 0.3) is 22.2 Å². The molecular weight excluding hydrogens is 498 g/mol. The van der Waals surface area contributed by atoms with E-state index in [2.05, 4.69) is 23.0 Å². The molecule has 1 saturated carbocycles. The van der Waals surface area contributed by atoms with E-state index in [9.17, 15) is 8.42 Å². The number of fused-ring (bicyclic) bond motifs is 1. The minimum atomic E-state index is -3.80. The molecule has 5 rings (SSSR count). The molecule has 38 heavy (non-hydrogen) atoms. The molecule has 202 valence electrons. The Kier molecular flexibility index (Phi) is 7.97. The van der Waals surface area contributed by atoms with Crippen molar-refractivity contribution in [2.75, 3.05) is 26.8 Å². The van der Waals surface area contributed by atoms with Crippen LogP contribution >= 0.6 is 0 Å². The van der Waals surface area contributed by atoms with Gasteiger partial charge >= 0.3 is 0 Å². The summed E-state index contributed by atoms with van der Waals surface area (Å²) < 4.78 is 35.6. The van der Waals surface area contributed by atoms with Crippen molar-refractivity contribution in [1.82, 2.24) is 23.6 Å². The average Bonchev–Trinajstić information content (AvgIpc) is 3.55. The number of pyridine rings is 1. The van der Waals surface area contributed by atoms with E-state index in [1.807, 2.05) is 25.5 Å². The number of hydrogen-bond donors (Lipinski definition) is 0. The van der Waals surface area contributed by atoms with Crippen molar-refractivity contribution in [3.05, 3.63) is 66.7 Å². The van der Waals surface area contributed by atoms with E-state index >= 15 is 0 Å². The van der Waals surface area contributed by atoms with E-state index in [-0.39, 0.29) is 4.90 Å². The smallest absolute Gasteiger partial charge is 0.269 e. The van der Waals surface area contributed by atoms with Crippen molar-refractivity contribution in [1.29, 1.82) is 0 Å². The van der Waals surface area contributed by atoms with Crippen molar-refractivity contribution < 1.29 is 13.2 Å². The lowest BCUT2D eigenvalue weighted by Crippen LogP contribution is -2.40. The predicted octanol–water partition coefficient (Wildman–Crippen LogP) is 5.06. The molecule has 0 bridgehead atoms. The number of rotatable bonds is 10. The maximum atomic E-state index is 13.6. The van der Waals surface area contributed by atoms with Gasteiger partial charge in [0.1, 0.15) is 0 Å². The molecule has 1 fully saturated rings. The van der Waals surface area contributed by atoms with Gasteiger partial charge in [0.2, 0.25) is 0 Å². The highest BCUT2D eigenvalue weighted by molar-refractivity contribution is 7.90. The Morgan fingerprint density at radius 3 is 2.47 bits per heavy atom. The van der Waals surface area contributed by atoms with Gasteiger partial charge in [-0.3, -0.25) is 9.58 Å². The van der Waals surface area contributed by atoms with E-state index in [4.69, 9.17) is 9.72 Å². The van der Waals surface area contributed by atoms with Gasteiger partial charge in [0.15, 0.2) is 5.65 Å². The number of aryl methyl sites for hydroxylation is 1. The fourth-order valence-electron chi connectivity index (χ4n) is 5.75. The van der Waals surface area contributed by atoms with E-state index in [1.54, 1.807) is 48.5 Å². The van der Waals surface area contributed by atoms with E-state index in [0.717, 1.165) is 68.3 Å². The Morgan fingerprint density at radius 1 is 1.05 bits per heavy atom. The molecule has 0 N–H and O–H groups in total. The molecule has 1 aliphatic rings. The van der Waals surface area contributed by atoms with E-state index < -0.39 is 10.0 Å². The van der Waals surface area contributed by atoms with E-state index in [1.165, 1.54) is 9.54 Å². The summed E-state index contributed by atoms with van der Waals surface area (Å²) in [5.74, 6) is 0.407. The molecule has 0 spiro atoms. The SMILES string of the molecule is CCCN(CCOC)[C@H]1CC[C@H](c2cnc3c(c2)c(-c2cnn(C)c2)cn3S(=O)(=O)c2ccccc2)CC1. The third-order valence-electron chi connectivity index (χ3n) is 7.73. The van der Waals surface area contributed by atoms with Crippen molar-refractivity contribution >= 4 is 21.1 Å². The first-order valence-electron chi connectivity index (χ1n) is 13.5. The predicted molar refractivity (Wildman–Crippen MR) is 150 cm³/mol. The highest BCUT2D eigenvalue weighted by atomic mass is 32.2. The van der Waals surface area contributed by atoms with Crippen LogP contribution in [0.4, 0.5) is 0 Å². The largest absolute Gasteiger partial charge is 0.383 e. The first kappa shape index (κ1) is 26.6. The van der Waals surface area contributed by atoms with Gasteiger partial charge in [0.05, 0.1) is 17.7 Å². The van der Waals surface area contributed by atoms with Crippen LogP contribution in [0.15, 0.2) is 66.1 Å². The standard InChI is InChI=1S/C29H37N5O3S/c1-4-14-33(15-16-37-3)25-12-10-22(11-13-25)23-17-27-28(24-19-31-32(2)20-24)21-34(29(27)30-18-23)38(35,36)26-8-6-5-7-9-26/h5-9,17-22,25H,4,10-16H2,1-3H3/t22-,25-. The molecule has 0 unspecified atom stereocenters. The van der Waals surface area contributed by atoms with Crippen molar-refractivity contribution in [2.24, 2.45) is 7.05 Å². The molecular formula is C29H37N5O3S. The second-order valence-corrected chi connectivity index (χ2v) is 12.0. The molecule has 0 aliphatic heterocycles. The molecule has 3 heterocycles. The number of aromatic nitrogens is 4. The molecule has 9 heteroatoms. The Hall–Kier alpha value is -3.01. The van der Waals surface area contributed by atoms with Crippen LogP contribution in [0.5, 0.6) is 0 Å². The zero-order chi connectivity index (χ0) is 26.7. The molecule has 4 aromatic rings. The zero-order valence-electron chi connectivity index (χ0n) is 22.5. The topological polar surface area (TPSA) is 82.2 Å². The van der Waals surface area contributed by atoms with Crippen molar-refractivity contribution in [3.8, 4) is 11.1 Å². The van der Waals surface area contributed by atoms with Gasteiger partial charge in [0.25, 0.3) is 10.0 Å². The summed E-state index contributed by atoms with van der Waals surface area (Å²) in [4.78, 5) is 7.57. The van der Waals surface area contributed by atoms with E-state index in [0.29, 0.717) is 17.6 Å². The van der Waals surface area contributed by atoms with Gasteiger partial charge in [0, 0.05) is 61.8 Å². The van der Waals surface area contributed by atoms with Crippen LogP contribution in [0.2, 0.25) is 0 Å². The van der Waals surface area contributed by atoms with Gasteiger partial charge in [-0.2, -0.15) is 5.10 Å². The van der Waals surface area contributed by atoms with Crippen LogP contribution in [0, 0.1) is 0 Å². The molecule has 1 aliphatic carbocycles. The number of hydrogen-bond acceptors (Lipinski definition) is 6. The molecule has 1 aromatic carbocycles. The minimum absolute atomic E-state index is 0.240. The lowest BCUT2D eigenvalue weighted by Gasteiger charge is -2.37. The van der Waals surface area contributed by atoms with Crippen LogP contribution in [-0.4, -0.2) is 64.9 Å². The summed E-state index contributed by atoms with van der Waals surface area (Å²) >= 11 is 0. The second-order valence-electron chi connectivity index (χ2n) is 10.2. The summed E-state index contributed by atoms with van der Waals surface area (Å²) in [7, 11) is -0.175. The third-order valence-corrected chi connectivity index (χ3v) is 9.39. The first-order valence-corrected chi connectivity index (χ1v) is 14.9. The Balaban J connectivity index is 1.48. The summed E-state index contributed by atoms with van der Waals surface area (Å²) in [6, 6.07) is 11.3. The zero-order valence-corrected chi connectivity index (χ0v) is 23.3. The summed E-state index contributed by atoms with van der Waals surface area (Å²) in [5, 5.41) is 5.16. The second kappa shape index (κ2) is 11.4. The number of benzene rings is 1. The van der Waals surface area contributed by atoms with Gasteiger partial charge in [-0.25, -0.2) is 17.4 Å². The van der Waals surface area contributed by atoms with Crippen LogP contribution in [0.3, 0.4) is 0 Å². The Morgan fingerprint density at radius 2 is 1.82 bits per heavy atom. The fourth-order valence-corrected chi connectivity index (χ4v) is 7.09. The van der Waals surface area contributed by atoms with Gasteiger partial charge < -0.3 is 4.74 Å². The molecule has 8 nitrogen and oxygen atoms in total. The van der Waals surface area contributed by atoms with Crippen LogP contribution in [0.1, 0.15) is 50.5 Å². The van der Waals surface area contributed by atoms with Crippen LogP contribution in [-0.2, 0) is 21.8 Å². The maximum absolute atomic E-state index is 13.6. The first-order chi connectivity index (χ1) is 18.4. The molecule has 0 atom stereocenters. The highest BCUT2D eigenvalue weighted by Crippen LogP contribution is 2.38. The normalized spacial score (nSPS) is 18.4. The lowest BCUT2D eigenvalue weighted by molar-refractivity contribution is 0.0990. The Bertz CT molecular complexity index is 1470. The molecule has 3 aromatic heterocycles. The van der Waals surface area contributed by atoms with Gasteiger partial charge in [-0.15, -0.1) is 0 Å². The van der Waals surface area contributed by atoms with Crippen molar-refractivity contribution in [3.63, 3.8) is 0 Å². The number of ether oxygens (including phenoxy) is 1. The maximum Gasteiger partial charge on any atom is 0.269 e. The Labute approximate surface area is 225 Å². The monoisotopic (exact) mass is 535 g/mol. The van der Waals surface area contributed by atoms with Crippen molar-refractivity contribution in [2.45, 2.75) is 55.9 Å². The van der Waals surface area contributed by atoms with Gasteiger partial charge in [-0.05, 0) is 68.3 Å². The summed E-state index contributed by atoms with van der Waals surface area (Å²) in [5.41, 5.74) is 3.31. The summed E-state index contributed by atoms with van der Waals surface area (Å²) in [6.45, 7) is 5.08. The quantitative estimate of drug-likeness (QED) is 0.282. The molecule has 0 saturated heterocycles. The van der Waals surface area contributed by atoms with Crippen LogP contribution < -0.4 is 0 Å². The highest BCUT2D eigenvalue weighted by Gasteiger charge is 2.28. The summed E-state index contributed by atoms with van der Waals surface area (Å²) in [6.07, 6.45) is 12.9. The fraction of sp³-hybridized carbons (Fsp3) is 0.448. The minimum Gasteiger partial charge on any atom is -0.383 e. The third kappa shape index (κ3) is 5.28.